The highest BCUT2D eigenvalue weighted by Crippen LogP contribution is 2.25. The van der Waals surface area contributed by atoms with Crippen LogP contribution in [0.15, 0.2) is 40.9 Å². The fourth-order valence-corrected chi connectivity index (χ4v) is 3.13. The summed E-state index contributed by atoms with van der Waals surface area (Å²) in [6.45, 7) is 2.72. The van der Waals surface area contributed by atoms with Crippen molar-refractivity contribution >= 4 is 15.9 Å². The van der Waals surface area contributed by atoms with E-state index in [0.717, 1.165) is 15.8 Å². The maximum Gasteiger partial charge on any atom is 0.122 e. The highest BCUT2D eigenvalue weighted by molar-refractivity contribution is 9.10. The number of fused-ring (bicyclic) bond motifs is 1. The van der Waals surface area contributed by atoms with Gasteiger partial charge in [-0.05, 0) is 66.6 Å². The van der Waals surface area contributed by atoms with Crippen molar-refractivity contribution in [2.24, 2.45) is 0 Å². The molecule has 2 heteroatoms. The SMILES string of the molecule is Cc1cc(Br)ccc1OCc1ccc2c(c1)CCC2. The maximum atomic E-state index is 5.92. The van der Waals surface area contributed by atoms with Gasteiger partial charge in [0.25, 0.3) is 0 Å². The molecule has 19 heavy (non-hydrogen) atoms. The predicted octanol–water partition coefficient (Wildman–Crippen LogP) is 4.83. The van der Waals surface area contributed by atoms with Gasteiger partial charge in [-0.3, -0.25) is 0 Å². The zero-order valence-corrected chi connectivity index (χ0v) is 12.7. The van der Waals surface area contributed by atoms with Gasteiger partial charge in [0.2, 0.25) is 0 Å². The molecule has 98 valence electrons. The first kappa shape index (κ1) is 12.7. The van der Waals surface area contributed by atoms with Gasteiger partial charge in [0.1, 0.15) is 12.4 Å². The first-order valence-corrected chi connectivity index (χ1v) is 7.51. The molecule has 1 nitrogen and oxygen atoms in total. The van der Waals surface area contributed by atoms with Gasteiger partial charge in [-0.15, -0.1) is 0 Å². The standard InChI is InChI=1S/C17H17BrO/c1-12-9-16(18)7-8-17(12)19-11-13-5-6-14-3-2-4-15(14)10-13/h5-10H,2-4,11H2,1H3. The van der Waals surface area contributed by atoms with Crippen molar-refractivity contribution < 1.29 is 4.74 Å². The van der Waals surface area contributed by atoms with Crippen molar-refractivity contribution in [3.05, 3.63) is 63.1 Å². The first-order chi connectivity index (χ1) is 9.22. The van der Waals surface area contributed by atoms with Crippen LogP contribution in [-0.4, -0.2) is 0 Å². The molecule has 1 aliphatic carbocycles. The van der Waals surface area contributed by atoms with Gasteiger partial charge in [0, 0.05) is 4.47 Å². The van der Waals surface area contributed by atoms with Gasteiger partial charge in [0.15, 0.2) is 0 Å². The van der Waals surface area contributed by atoms with E-state index in [0.29, 0.717) is 6.61 Å². The summed E-state index contributed by atoms with van der Waals surface area (Å²) in [5, 5.41) is 0. The number of benzene rings is 2. The molecule has 0 heterocycles. The number of halogens is 1. The summed E-state index contributed by atoms with van der Waals surface area (Å²) < 4.78 is 7.01. The predicted molar refractivity (Wildman–Crippen MR) is 81.7 cm³/mol. The Morgan fingerprint density at radius 2 is 1.89 bits per heavy atom. The number of hydrogen-bond donors (Lipinski definition) is 0. The molecule has 0 spiro atoms. The van der Waals surface area contributed by atoms with Crippen LogP contribution in [-0.2, 0) is 19.4 Å². The highest BCUT2D eigenvalue weighted by atomic mass is 79.9. The molecule has 0 saturated heterocycles. The summed E-state index contributed by atoms with van der Waals surface area (Å²) in [4.78, 5) is 0. The third-order valence-electron chi connectivity index (χ3n) is 3.69. The molecule has 0 saturated carbocycles. The highest BCUT2D eigenvalue weighted by Gasteiger charge is 2.11. The van der Waals surface area contributed by atoms with Gasteiger partial charge >= 0.3 is 0 Å². The van der Waals surface area contributed by atoms with Crippen LogP contribution in [0.1, 0.15) is 28.7 Å². The van der Waals surface area contributed by atoms with E-state index in [2.05, 4.69) is 47.1 Å². The molecule has 0 N–H and O–H groups in total. The van der Waals surface area contributed by atoms with Crippen LogP contribution in [0.5, 0.6) is 5.75 Å². The zero-order valence-electron chi connectivity index (χ0n) is 11.1. The average Bonchev–Trinajstić information content (AvgIpc) is 2.85. The Bertz CT molecular complexity index is 604. The molecule has 0 bridgehead atoms. The minimum Gasteiger partial charge on any atom is -0.489 e. The van der Waals surface area contributed by atoms with Crippen LogP contribution < -0.4 is 4.74 Å². The minimum absolute atomic E-state index is 0.649. The van der Waals surface area contributed by atoms with Crippen molar-refractivity contribution in [2.75, 3.05) is 0 Å². The molecular weight excluding hydrogens is 300 g/mol. The molecule has 2 aromatic carbocycles. The summed E-state index contributed by atoms with van der Waals surface area (Å²) >= 11 is 3.47. The lowest BCUT2D eigenvalue weighted by Crippen LogP contribution is -1.98. The third kappa shape index (κ3) is 2.84. The molecule has 0 unspecified atom stereocenters. The Labute approximate surface area is 122 Å². The van der Waals surface area contributed by atoms with Gasteiger partial charge in [-0.1, -0.05) is 34.1 Å². The zero-order chi connectivity index (χ0) is 13.2. The van der Waals surface area contributed by atoms with Gasteiger partial charge in [0.05, 0.1) is 0 Å². The summed E-state index contributed by atoms with van der Waals surface area (Å²) in [6.07, 6.45) is 3.76. The summed E-state index contributed by atoms with van der Waals surface area (Å²) in [5.74, 6) is 0.962. The Kier molecular flexibility index (Phi) is 3.61. The van der Waals surface area contributed by atoms with Crippen LogP contribution in [0, 0.1) is 6.92 Å². The second kappa shape index (κ2) is 5.38. The summed E-state index contributed by atoms with van der Waals surface area (Å²) in [6, 6.07) is 12.9. The van der Waals surface area contributed by atoms with E-state index in [4.69, 9.17) is 4.74 Å². The van der Waals surface area contributed by atoms with Crippen molar-refractivity contribution in [1.29, 1.82) is 0 Å². The van der Waals surface area contributed by atoms with Crippen LogP contribution in [0.25, 0.3) is 0 Å². The molecule has 0 radical (unpaired) electrons. The topological polar surface area (TPSA) is 9.23 Å². The monoisotopic (exact) mass is 316 g/mol. The average molecular weight is 317 g/mol. The van der Waals surface area contributed by atoms with E-state index in [1.54, 1.807) is 0 Å². The maximum absolute atomic E-state index is 5.92. The van der Waals surface area contributed by atoms with Crippen LogP contribution in [0.4, 0.5) is 0 Å². The molecule has 1 aliphatic rings. The molecule has 0 aromatic heterocycles. The van der Waals surface area contributed by atoms with E-state index < -0.39 is 0 Å². The number of rotatable bonds is 3. The van der Waals surface area contributed by atoms with Crippen molar-refractivity contribution in [2.45, 2.75) is 32.8 Å². The molecule has 3 rings (SSSR count). The van der Waals surface area contributed by atoms with Crippen LogP contribution in [0.2, 0.25) is 0 Å². The van der Waals surface area contributed by atoms with E-state index in [1.807, 2.05) is 12.1 Å². The lowest BCUT2D eigenvalue weighted by atomic mass is 10.1. The Balaban J connectivity index is 1.72. The number of hydrogen-bond acceptors (Lipinski definition) is 1. The molecule has 0 fully saturated rings. The Hall–Kier alpha value is -1.28. The largest absolute Gasteiger partial charge is 0.489 e. The normalized spacial score (nSPS) is 13.4. The smallest absolute Gasteiger partial charge is 0.122 e. The minimum atomic E-state index is 0.649. The summed E-state index contributed by atoms with van der Waals surface area (Å²) in [5.41, 5.74) is 5.45. The quantitative estimate of drug-likeness (QED) is 0.788. The van der Waals surface area contributed by atoms with Crippen LogP contribution >= 0.6 is 15.9 Å². The van der Waals surface area contributed by atoms with Gasteiger partial charge < -0.3 is 4.74 Å². The lowest BCUT2D eigenvalue weighted by molar-refractivity contribution is 0.304. The number of ether oxygens (including phenoxy) is 1. The van der Waals surface area contributed by atoms with E-state index >= 15 is 0 Å². The molecule has 0 amide bonds. The van der Waals surface area contributed by atoms with E-state index in [-0.39, 0.29) is 0 Å². The molecule has 0 atom stereocenters. The fourth-order valence-electron chi connectivity index (χ4n) is 2.65. The van der Waals surface area contributed by atoms with Crippen molar-refractivity contribution in [1.82, 2.24) is 0 Å². The van der Waals surface area contributed by atoms with Crippen molar-refractivity contribution in [3.8, 4) is 5.75 Å². The van der Waals surface area contributed by atoms with Gasteiger partial charge in [-0.25, -0.2) is 0 Å². The summed E-state index contributed by atoms with van der Waals surface area (Å²) in [7, 11) is 0. The Morgan fingerprint density at radius 1 is 1.05 bits per heavy atom. The molecule has 2 aromatic rings. The second-order valence-electron chi connectivity index (χ2n) is 5.16. The lowest BCUT2D eigenvalue weighted by Gasteiger charge is -2.10. The van der Waals surface area contributed by atoms with E-state index in [9.17, 15) is 0 Å². The third-order valence-corrected chi connectivity index (χ3v) is 4.19. The fraction of sp³-hybridized carbons (Fsp3) is 0.294. The van der Waals surface area contributed by atoms with E-state index in [1.165, 1.54) is 36.0 Å². The van der Waals surface area contributed by atoms with Crippen molar-refractivity contribution in [3.63, 3.8) is 0 Å². The number of aryl methyl sites for hydroxylation is 3. The second-order valence-corrected chi connectivity index (χ2v) is 6.07. The van der Waals surface area contributed by atoms with Crippen LogP contribution in [0.3, 0.4) is 0 Å². The first-order valence-electron chi connectivity index (χ1n) is 6.72. The van der Waals surface area contributed by atoms with Gasteiger partial charge in [-0.2, -0.15) is 0 Å². The molecular formula is C17H17BrO. The molecule has 0 aliphatic heterocycles. The Morgan fingerprint density at radius 3 is 2.74 bits per heavy atom.